The summed E-state index contributed by atoms with van der Waals surface area (Å²) in [5.41, 5.74) is 0.942. The first-order valence-electron chi connectivity index (χ1n) is 5.37. The van der Waals surface area contributed by atoms with E-state index in [-0.39, 0.29) is 4.87 Å². The number of hydrogen-bond donors (Lipinski definition) is 1. The Kier molecular flexibility index (Phi) is 2.53. The number of pyridine rings is 1. The van der Waals surface area contributed by atoms with Gasteiger partial charge < -0.3 is 0 Å². The SMILES string of the molecule is O=Cc1sc(=O)[nH]c1-[n+]1cccc2ccccc21. The normalized spacial score (nSPS) is 10.7. The van der Waals surface area contributed by atoms with E-state index < -0.39 is 0 Å². The summed E-state index contributed by atoms with van der Waals surface area (Å²) >= 11 is 0.918. The fourth-order valence-electron chi connectivity index (χ4n) is 1.95. The molecule has 3 aromatic rings. The third-order valence-corrected chi connectivity index (χ3v) is 3.51. The number of thiazole rings is 1. The zero-order chi connectivity index (χ0) is 12.5. The Balaban J connectivity index is 2.38. The van der Waals surface area contributed by atoms with Gasteiger partial charge in [0.25, 0.3) is 0 Å². The summed E-state index contributed by atoms with van der Waals surface area (Å²) < 4.78 is 1.82. The Morgan fingerprint density at radius 2 is 1.94 bits per heavy atom. The number of carbonyl (C=O) groups excluding carboxylic acids is 1. The van der Waals surface area contributed by atoms with Gasteiger partial charge in [0.15, 0.2) is 11.2 Å². The minimum atomic E-state index is -0.229. The van der Waals surface area contributed by atoms with Crippen LogP contribution in [0.25, 0.3) is 16.7 Å². The molecule has 0 atom stereocenters. The Morgan fingerprint density at radius 1 is 1.17 bits per heavy atom. The van der Waals surface area contributed by atoms with Crippen molar-refractivity contribution in [3.05, 3.63) is 57.1 Å². The van der Waals surface area contributed by atoms with E-state index in [1.54, 1.807) is 0 Å². The molecule has 4 nitrogen and oxygen atoms in total. The highest BCUT2D eigenvalue weighted by atomic mass is 32.1. The number of hydrogen-bond acceptors (Lipinski definition) is 3. The van der Waals surface area contributed by atoms with Crippen LogP contribution < -0.4 is 9.44 Å². The number of aromatic nitrogens is 2. The Hall–Kier alpha value is -2.27. The minimum Gasteiger partial charge on any atom is -0.297 e. The van der Waals surface area contributed by atoms with Gasteiger partial charge in [0, 0.05) is 5.39 Å². The number of carbonyl (C=O) groups is 1. The number of aldehydes is 1. The third kappa shape index (κ3) is 1.65. The van der Waals surface area contributed by atoms with Crippen molar-refractivity contribution in [3.63, 3.8) is 0 Å². The fourth-order valence-corrected chi connectivity index (χ4v) is 2.59. The summed E-state index contributed by atoms with van der Waals surface area (Å²) in [4.78, 5) is 25.2. The van der Waals surface area contributed by atoms with Crippen molar-refractivity contribution in [3.8, 4) is 5.82 Å². The Labute approximate surface area is 106 Å². The second kappa shape index (κ2) is 4.19. The van der Waals surface area contributed by atoms with Gasteiger partial charge in [-0.3, -0.25) is 4.79 Å². The van der Waals surface area contributed by atoms with Crippen molar-refractivity contribution in [2.75, 3.05) is 0 Å². The molecule has 18 heavy (non-hydrogen) atoms. The summed E-state index contributed by atoms with van der Waals surface area (Å²) in [5, 5.41) is 1.05. The smallest absolute Gasteiger partial charge is 0.297 e. The number of H-pyrrole nitrogens is 1. The fraction of sp³-hybridized carbons (Fsp3) is 0. The van der Waals surface area contributed by atoms with Gasteiger partial charge in [-0.1, -0.05) is 18.2 Å². The maximum absolute atomic E-state index is 11.4. The molecule has 1 N–H and O–H groups in total. The highest BCUT2D eigenvalue weighted by molar-refractivity contribution is 7.11. The molecule has 0 aliphatic rings. The maximum Gasteiger partial charge on any atom is 0.390 e. The minimum absolute atomic E-state index is 0.229. The maximum atomic E-state index is 11.4. The van der Waals surface area contributed by atoms with Crippen LogP contribution in [0.3, 0.4) is 0 Å². The number of benzene rings is 1. The lowest BCUT2D eigenvalue weighted by Gasteiger charge is -2.01. The molecule has 0 fully saturated rings. The van der Waals surface area contributed by atoms with Crippen LogP contribution in [-0.2, 0) is 0 Å². The first-order chi connectivity index (χ1) is 8.79. The quantitative estimate of drug-likeness (QED) is 0.561. The predicted molar refractivity (Wildman–Crippen MR) is 69.4 cm³/mol. The summed E-state index contributed by atoms with van der Waals surface area (Å²) in [6, 6.07) is 11.7. The van der Waals surface area contributed by atoms with Crippen LogP contribution in [-0.4, -0.2) is 11.3 Å². The largest absolute Gasteiger partial charge is 0.390 e. The van der Waals surface area contributed by atoms with E-state index in [4.69, 9.17) is 0 Å². The van der Waals surface area contributed by atoms with E-state index in [9.17, 15) is 9.59 Å². The van der Waals surface area contributed by atoms with E-state index in [0.717, 1.165) is 22.2 Å². The highest BCUT2D eigenvalue weighted by Crippen LogP contribution is 2.12. The topological polar surface area (TPSA) is 53.8 Å². The molecular formula is C13H9N2O2S+. The molecule has 88 valence electrons. The molecule has 3 rings (SSSR count). The van der Waals surface area contributed by atoms with E-state index in [1.165, 1.54) is 0 Å². The summed E-state index contributed by atoms with van der Waals surface area (Å²) in [6.07, 6.45) is 2.53. The molecule has 0 saturated heterocycles. The number of aromatic amines is 1. The Bertz CT molecular complexity index is 784. The monoisotopic (exact) mass is 257 g/mol. The molecule has 0 unspecified atom stereocenters. The summed E-state index contributed by atoms with van der Waals surface area (Å²) in [6.45, 7) is 0. The summed E-state index contributed by atoms with van der Waals surface area (Å²) in [7, 11) is 0. The molecule has 0 spiro atoms. The molecule has 0 amide bonds. The van der Waals surface area contributed by atoms with Gasteiger partial charge in [-0.2, -0.15) is 9.55 Å². The Morgan fingerprint density at radius 3 is 2.78 bits per heavy atom. The second-order valence-electron chi connectivity index (χ2n) is 3.78. The van der Waals surface area contributed by atoms with Gasteiger partial charge in [-0.15, -0.1) is 0 Å². The molecule has 0 aliphatic heterocycles. The number of nitrogens with one attached hydrogen (secondary N) is 1. The standard InChI is InChI=1S/C13H8N2O2S/c16-8-11-12(14-13(17)18-11)15-7-3-5-9-4-1-2-6-10(9)15/h1-8H/p+1. The number of nitrogens with zero attached hydrogens (tertiary/aromatic N) is 1. The van der Waals surface area contributed by atoms with Gasteiger partial charge >= 0.3 is 10.7 Å². The molecule has 0 aliphatic carbocycles. The number of fused-ring (bicyclic) bond motifs is 1. The average Bonchev–Trinajstić information content (AvgIpc) is 2.79. The van der Waals surface area contributed by atoms with Crippen LogP contribution in [0.2, 0.25) is 0 Å². The molecule has 5 heteroatoms. The molecule has 1 aromatic carbocycles. The zero-order valence-corrected chi connectivity index (χ0v) is 10.1. The van der Waals surface area contributed by atoms with Gasteiger partial charge in [0.05, 0.1) is 6.20 Å². The lowest BCUT2D eigenvalue weighted by molar-refractivity contribution is -0.571. The van der Waals surface area contributed by atoms with Crippen molar-refractivity contribution in [2.24, 2.45) is 0 Å². The molecule has 0 bridgehead atoms. The highest BCUT2D eigenvalue weighted by Gasteiger charge is 2.18. The van der Waals surface area contributed by atoms with Crippen molar-refractivity contribution < 1.29 is 9.36 Å². The van der Waals surface area contributed by atoms with Crippen molar-refractivity contribution >= 4 is 28.5 Å². The van der Waals surface area contributed by atoms with Crippen LogP contribution in [0.15, 0.2) is 47.4 Å². The number of para-hydroxylation sites is 1. The van der Waals surface area contributed by atoms with Gasteiger partial charge in [-0.05, 0) is 29.5 Å². The average molecular weight is 257 g/mol. The van der Waals surface area contributed by atoms with Gasteiger partial charge in [-0.25, -0.2) is 4.79 Å². The van der Waals surface area contributed by atoms with Crippen LogP contribution in [0.5, 0.6) is 0 Å². The number of rotatable bonds is 2. The van der Waals surface area contributed by atoms with Crippen molar-refractivity contribution in [1.82, 2.24) is 4.98 Å². The lowest BCUT2D eigenvalue weighted by Crippen LogP contribution is -2.33. The van der Waals surface area contributed by atoms with E-state index in [2.05, 4.69) is 4.98 Å². The lowest BCUT2D eigenvalue weighted by atomic mass is 10.2. The van der Waals surface area contributed by atoms with Crippen LogP contribution in [0.4, 0.5) is 0 Å². The summed E-state index contributed by atoms with van der Waals surface area (Å²) in [5.74, 6) is 0.525. The van der Waals surface area contributed by atoms with Gasteiger partial charge in [0.1, 0.15) is 5.52 Å². The van der Waals surface area contributed by atoms with E-state index in [0.29, 0.717) is 17.0 Å². The first kappa shape index (κ1) is 10.9. The van der Waals surface area contributed by atoms with Gasteiger partial charge in [0.2, 0.25) is 0 Å². The van der Waals surface area contributed by atoms with Crippen molar-refractivity contribution in [2.45, 2.75) is 0 Å². The molecule has 0 radical (unpaired) electrons. The predicted octanol–water partition coefficient (Wildman–Crippen LogP) is 1.68. The van der Waals surface area contributed by atoms with Crippen LogP contribution in [0.1, 0.15) is 9.67 Å². The van der Waals surface area contributed by atoms with E-state index in [1.807, 2.05) is 47.2 Å². The third-order valence-electron chi connectivity index (χ3n) is 2.71. The second-order valence-corrected chi connectivity index (χ2v) is 4.80. The molecular weight excluding hydrogens is 248 g/mol. The van der Waals surface area contributed by atoms with E-state index >= 15 is 0 Å². The molecule has 2 aromatic heterocycles. The zero-order valence-electron chi connectivity index (χ0n) is 9.29. The van der Waals surface area contributed by atoms with Crippen molar-refractivity contribution in [1.29, 1.82) is 0 Å². The van der Waals surface area contributed by atoms with Crippen LogP contribution >= 0.6 is 11.3 Å². The first-order valence-corrected chi connectivity index (χ1v) is 6.19. The molecule has 0 saturated carbocycles. The van der Waals surface area contributed by atoms with Crippen LogP contribution in [0, 0.1) is 0 Å². The molecule has 2 heterocycles.